The van der Waals surface area contributed by atoms with Crippen molar-refractivity contribution < 1.29 is 34.1 Å². The molecule has 0 radical (unpaired) electrons. The average molecular weight is 385 g/mol. The molecule has 0 aromatic carbocycles. The van der Waals surface area contributed by atoms with Crippen LogP contribution in [-0.4, -0.2) is 10.1 Å². The fourth-order valence-corrected chi connectivity index (χ4v) is 5.20. The number of allylic oxidation sites excluding steroid dienone is 1. The zero-order valence-electron chi connectivity index (χ0n) is 10.0. The normalized spacial score (nSPS) is 11.5. The van der Waals surface area contributed by atoms with E-state index in [9.17, 15) is 4.79 Å². The molecule has 14 heavy (non-hydrogen) atoms. The van der Waals surface area contributed by atoms with Crippen LogP contribution in [0.3, 0.4) is 0 Å². The Morgan fingerprint density at radius 1 is 1.36 bits per heavy atom. The Morgan fingerprint density at radius 3 is 2.36 bits per heavy atom. The van der Waals surface area contributed by atoms with E-state index in [-0.39, 0.29) is 5.97 Å². The fraction of sp³-hybridized carbons (Fsp3) is 0.727. The van der Waals surface area contributed by atoms with Crippen molar-refractivity contribution in [3.05, 3.63) is 11.1 Å². The first-order valence-corrected chi connectivity index (χ1v) is 12.4. The molecule has 0 rings (SSSR count). The van der Waals surface area contributed by atoms with Crippen molar-refractivity contribution in [3.63, 3.8) is 0 Å². The Bertz CT molecular complexity index is 217. The third-order valence-electron chi connectivity index (χ3n) is 2.60. The van der Waals surface area contributed by atoms with Crippen molar-refractivity contribution in [1.29, 1.82) is 0 Å². The van der Waals surface area contributed by atoms with Gasteiger partial charge in [0.15, 0.2) is 0 Å². The summed E-state index contributed by atoms with van der Waals surface area (Å²) in [6, 6.07) is 0. The van der Waals surface area contributed by atoms with E-state index in [2.05, 4.69) is 13.8 Å². The van der Waals surface area contributed by atoms with E-state index in [0.29, 0.717) is 0 Å². The molecule has 0 bridgehead atoms. The molecule has 0 N–H and O–H groups in total. The van der Waals surface area contributed by atoms with Gasteiger partial charge in [0.05, 0.1) is 0 Å². The van der Waals surface area contributed by atoms with Gasteiger partial charge in [-0.3, -0.25) is 0 Å². The molecule has 0 heterocycles. The van der Waals surface area contributed by atoms with E-state index in [1.807, 2.05) is 20.8 Å². The molecular weight excluding hydrogens is 365 g/mol. The molecular formula is C11H20HgO2. The van der Waals surface area contributed by atoms with Gasteiger partial charge in [0.2, 0.25) is 0 Å². The van der Waals surface area contributed by atoms with E-state index >= 15 is 0 Å². The van der Waals surface area contributed by atoms with Gasteiger partial charge >= 0.3 is 99.8 Å². The standard InChI is InChI=1S/C7H11O2.C4H9.Hg/c1-5(2)6(3)7(8)9-4;1-3-4-2;/h4H2,1-3H3;3H,4H2,1-2H3;. The first kappa shape index (κ1) is 14.1. The summed E-state index contributed by atoms with van der Waals surface area (Å²) >= 11 is -0.941. The number of hydrogen-bond donors (Lipinski definition) is 0. The number of esters is 1. The first-order valence-electron chi connectivity index (χ1n) is 5.30. The van der Waals surface area contributed by atoms with Crippen LogP contribution in [0.5, 0.6) is 0 Å². The van der Waals surface area contributed by atoms with Crippen LogP contribution in [0.15, 0.2) is 11.1 Å². The van der Waals surface area contributed by atoms with E-state index in [4.69, 9.17) is 4.74 Å². The average Bonchev–Trinajstić information content (AvgIpc) is 2.15. The van der Waals surface area contributed by atoms with Gasteiger partial charge in [0.25, 0.3) is 0 Å². The van der Waals surface area contributed by atoms with Crippen LogP contribution in [-0.2, 0) is 34.1 Å². The topological polar surface area (TPSA) is 26.3 Å². The zero-order valence-corrected chi connectivity index (χ0v) is 15.5. The monoisotopic (exact) mass is 386 g/mol. The predicted octanol–water partition coefficient (Wildman–Crippen LogP) is 3.14. The van der Waals surface area contributed by atoms with Crippen LogP contribution in [0.1, 0.15) is 41.0 Å². The molecule has 1 atom stereocenters. The summed E-state index contributed by atoms with van der Waals surface area (Å²) in [6.45, 7) is 10.2. The zero-order chi connectivity index (χ0) is 11.1. The van der Waals surface area contributed by atoms with Gasteiger partial charge < -0.3 is 0 Å². The molecule has 78 valence electrons. The Kier molecular flexibility index (Phi) is 7.52. The van der Waals surface area contributed by atoms with Crippen LogP contribution in [0, 0.1) is 0 Å². The Balaban J connectivity index is 3.82. The van der Waals surface area contributed by atoms with Gasteiger partial charge in [-0.05, 0) is 0 Å². The minimum atomic E-state index is -0.941. The fourth-order valence-electron chi connectivity index (χ4n) is 0.869. The predicted molar refractivity (Wildman–Crippen MR) is 54.7 cm³/mol. The molecule has 0 aromatic heterocycles. The summed E-state index contributed by atoms with van der Waals surface area (Å²) in [5.41, 5.74) is 1.82. The molecule has 0 spiro atoms. The van der Waals surface area contributed by atoms with Crippen molar-refractivity contribution in [2.45, 2.75) is 44.5 Å². The second-order valence-electron chi connectivity index (χ2n) is 4.06. The van der Waals surface area contributed by atoms with Gasteiger partial charge in [-0.15, -0.1) is 0 Å². The van der Waals surface area contributed by atoms with E-state index < -0.39 is 24.6 Å². The number of ether oxygens (including phenoxy) is 1. The molecule has 3 heteroatoms. The Hall–Kier alpha value is 0.145. The Labute approximate surface area is 99.5 Å². The first-order chi connectivity index (χ1) is 6.49. The summed E-state index contributed by atoms with van der Waals surface area (Å²) in [6.07, 6.45) is 1.24. The van der Waals surface area contributed by atoms with Gasteiger partial charge in [-0.2, -0.15) is 0 Å². The van der Waals surface area contributed by atoms with Gasteiger partial charge in [0.1, 0.15) is 0 Å². The molecule has 0 saturated heterocycles. The molecule has 0 aliphatic rings. The molecule has 2 nitrogen and oxygen atoms in total. The van der Waals surface area contributed by atoms with Gasteiger partial charge in [-0.25, -0.2) is 0 Å². The maximum absolute atomic E-state index is 11.4. The van der Waals surface area contributed by atoms with Crippen LogP contribution < -0.4 is 0 Å². The maximum atomic E-state index is 11.4. The van der Waals surface area contributed by atoms with Crippen molar-refractivity contribution in [3.8, 4) is 0 Å². The van der Waals surface area contributed by atoms with E-state index in [1.165, 1.54) is 6.42 Å². The third kappa shape index (κ3) is 5.79. The summed E-state index contributed by atoms with van der Waals surface area (Å²) in [4.78, 5) is 11.4. The van der Waals surface area contributed by atoms with Crippen molar-refractivity contribution in [2.75, 3.05) is 4.12 Å². The SMILES string of the molecule is CC[CH](C)[Hg][CH2]OC(=O)C(C)=C(C)C. The van der Waals surface area contributed by atoms with Crippen molar-refractivity contribution in [1.82, 2.24) is 0 Å². The number of carbonyl (C=O) groups is 1. The van der Waals surface area contributed by atoms with Gasteiger partial charge in [0, 0.05) is 0 Å². The third-order valence-corrected chi connectivity index (χ3v) is 10.4. The Morgan fingerprint density at radius 2 is 1.93 bits per heavy atom. The molecule has 1 unspecified atom stereocenters. The molecule has 0 aromatic rings. The quantitative estimate of drug-likeness (QED) is 0.413. The summed E-state index contributed by atoms with van der Waals surface area (Å²) in [5.74, 6) is -0.117. The second-order valence-corrected chi connectivity index (χ2v) is 13.3. The molecule has 0 aliphatic heterocycles. The molecule has 0 amide bonds. The molecule has 0 aliphatic carbocycles. The van der Waals surface area contributed by atoms with Crippen LogP contribution >= 0.6 is 0 Å². The number of rotatable bonds is 5. The van der Waals surface area contributed by atoms with E-state index in [1.54, 1.807) is 0 Å². The van der Waals surface area contributed by atoms with Crippen LogP contribution in [0.2, 0.25) is 3.43 Å². The number of carbonyl (C=O) groups excluding carboxylic acids is 1. The van der Waals surface area contributed by atoms with Crippen LogP contribution in [0.4, 0.5) is 0 Å². The second kappa shape index (κ2) is 7.44. The summed E-state index contributed by atoms with van der Waals surface area (Å²) in [7, 11) is 0. The molecule has 0 fully saturated rings. The van der Waals surface area contributed by atoms with Crippen molar-refractivity contribution in [2.24, 2.45) is 0 Å². The minimum absolute atomic E-state index is 0.117. The van der Waals surface area contributed by atoms with Gasteiger partial charge in [-0.1, -0.05) is 0 Å². The van der Waals surface area contributed by atoms with Crippen LogP contribution in [0.25, 0.3) is 0 Å². The molecule has 0 saturated carbocycles. The van der Waals surface area contributed by atoms with E-state index in [0.717, 1.165) is 18.7 Å². The summed E-state index contributed by atoms with van der Waals surface area (Å²) in [5, 5.41) is 0. The summed E-state index contributed by atoms with van der Waals surface area (Å²) < 4.78 is 6.86. The number of hydrogen-bond acceptors (Lipinski definition) is 2. The van der Waals surface area contributed by atoms with Crippen molar-refractivity contribution >= 4 is 5.97 Å².